The molecule has 1 aromatic heterocycles. The van der Waals surface area contributed by atoms with E-state index in [2.05, 4.69) is 10.3 Å². The number of aromatic nitrogens is 1. The maximum Gasteiger partial charge on any atom is 0.257 e. The van der Waals surface area contributed by atoms with Crippen LogP contribution < -0.4 is 14.8 Å². The van der Waals surface area contributed by atoms with Crippen LogP contribution in [0.3, 0.4) is 0 Å². The maximum atomic E-state index is 5.70. The van der Waals surface area contributed by atoms with Crippen molar-refractivity contribution in [2.75, 3.05) is 20.2 Å². The zero-order valence-corrected chi connectivity index (χ0v) is 8.19. The van der Waals surface area contributed by atoms with Crippen molar-refractivity contribution in [2.45, 2.75) is 12.5 Å². The van der Waals surface area contributed by atoms with Crippen molar-refractivity contribution in [3.63, 3.8) is 0 Å². The van der Waals surface area contributed by atoms with E-state index in [1.54, 1.807) is 13.3 Å². The summed E-state index contributed by atoms with van der Waals surface area (Å²) in [6, 6.07) is 3.68. The molecule has 2 rings (SSSR count). The molecule has 1 aromatic rings. The van der Waals surface area contributed by atoms with Crippen LogP contribution >= 0.6 is 0 Å². The molecule has 1 atom stereocenters. The van der Waals surface area contributed by atoms with Crippen molar-refractivity contribution >= 4 is 0 Å². The third kappa shape index (κ3) is 1.96. The van der Waals surface area contributed by atoms with Crippen LogP contribution in [-0.2, 0) is 0 Å². The Kier molecular flexibility index (Phi) is 2.84. The molecule has 14 heavy (non-hydrogen) atoms. The summed E-state index contributed by atoms with van der Waals surface area (Å²) >= 11 is 0. The molecule has 1 aliphatic rings. The minimum absolute atomic E-state index is 0.221. The van der Waals surface area contributed by atoms with E-state index in [-0.39, 0.29) is 6.10 Å². The van der Waals surface area contributed by atoms with E-state index in [0.29, 0.717) is 11.6 Å². The molecule has 0 aromatic carbocycles. The summed E-state index contributed by atoms with van der Waals surface area (Å²) in [5, 5.41) is 3.24. The van der Waals surface area contributed by atoms with Crippen LogP contribution in [0.5, 0.6) is 11.6 Å². The van der Waals surface area contributed by atoms with Gasteiger partial charge in [-0.15, -0.1) is 0 Å². The van der Waals surface area contributed by atoms with Crippen molar-refractivity contribution in [3.8, 4) is 11.6 Å². The smallest absolute Gasteiger partial charge is 0.257 e. The molecule has 2 heterocycles. The van der Waals surface area contributed by atoms with Gasteiger partial charge in [-0.05, 0) is 25.1 Å². The van der Waals surface area contributed by atoms with E-state index in [9.17, 15) is 0 Å². The molecule has 1 aliphatic heterocycles. The highest BCUT2D eigenvalue weighted by molar-refractivity contribution is 5.32. The minimum atomic E-state index is 0.221. The Hall–Kier alpha value is -1.29. The predicted octanol–water partition coefficient (Wildman–Crippen LogP) is 0.831. The zero-order valence-electron chi connectivity index (χ0n) is 8.19. The van der Waals surface area contributed by atoms with Crippen molar-refractivity contribution in [1.82, 2.24) is 10.3 Å². The quantitative estimate of drug-likeness (QED) is 0.774. The number of hydrogen-bond acceptors (Lipinski definition) is 4. The normalized spacial score (nSPS) is 20.8. The molecule has 4 nitrogen and oxygen atoms in total. The lowest BCUT2D eigenvalue weighted by atomic mass is 10.3. The van der Waals surface area contributed by atoms with E-state index in [4.69, 9.17) is 9.47 Å². The van der Waals surface area contributed by atoms with Gasteiger partial charge in [-0.3, -0.25) is 0 Å². The third-order valence-electron chi connectivity index (χ3n) is 2.25. The standard InChI is InChI=1S/C10H14N2O2/c1-13-9-3-2-5-12-10(9)14-8-4-6-11-7-8/h2-3,5,8,11H,4,6-7H2,1H3/t8-/m0/s1. The van der Waals surface area contributed by atoms with Crippen LogP contribution in [-0.4, -0.2) is 31.3 Å². The molecule has 1 N–H and O–H groups in total. The predicted molar refractivity (Wildman–Crippen MR) is 52.7 cm³/mol. The Balaban J connectivity index is 2.07. The summed E-state index contributed by atoms with van der Waals surface area (Å²) in [4.78, 5) is 4.14. The van der Waals surface area contributed by atoms with Gasteiger partial charge in [-0.2, -0.15) is 0 Å². The lowest BCUT2D eigenvalue weighted by Crippen LogP contribution is -2.20. The summed E-state index contributed by atoms with van der Waals surface area (Å²) < 4.78 is 10.8. The number of pyridine rings is 1. The first-order chi connectivity index (χ1) is 6.90. The SMILES string of the molecule is COc1cccnc1O[C@H]1CCNC1. The molecule has 76 valence electrons. The summed E-state index contributed by atoms with van der Waals surface area (Å²) in [5.74, 6) is 1.28. The van der Waals surface area contributed by atoms with Gasteiger partial charge in [0.15, 0.2) is 5.75 Å². The summed E-state index contributed by atoms with van der Waals surface area (Å²) in [7, 11) is 1.62. The number of rotatable bonds is 3. The molecular weight excluding hydrogens is 180 g/mol. The molecule has 0 spiro atoms. The van der Waals surface area contributed by atoms with Crippen LogP contribution in [0, 0.1) is 0 Å². The summed E-state index contributed by atoms with van der Waals surface area (Å²) in [6.45, 7) is 1.90. The van der Waals surface area contributed by atoms with Crippen LogP contribution in [0.25, 0.3) is 0 Å². The zero-order chi connectivity index (χ0) is 9.80. The topological polar surface area (TPSA) is 43.4 Å². The van der Waals surface area contributed by atoms with Gasteiger partial charge in [-0.25, -0.2) is 4.98 Å². The second-order valence-corrected chi connectivity index (χ2v) is 3.24. The Labute approximate surface area is 83.2 Å². The minimum Gasteiger partial charge on any atom is -0.491 e. The first kappa shape index (κ1) is 9.27. The molecule has 0 bridgehead atoms. The number of nitrogens with one attached hydrogen (secondary N) is 1. The monoisotopic (exact) mass is 194 g/mol. The molecule has 0 aliphatic carbocycles. The average molecular weight is 194 g/mol. The van der Waals surface area contributed by atoms with E-state index in [1.807, 2.05) is 12.1 Å². The van der Waals surface area contributed by atoms with Gasteiger partial charge in [0.2, 0.25) is 0 Å². The van der Waals surface area contributed by atoms with Crippen LogP contribution in [0.15, 0.2) is 18.3 Å². The Bertz CT molecular complexity index is 298. The summed E-state index contributed by atoms with van der Waals surface area (Å²) in [6.07, 6.45) is 2.96. The molecule has 0 amide bonds. The molecule has 0 unspecified atom stereocenters. The van der Waals surface area contributed by atoms with Crippen molar-refractivity contribution in [1.29, 1.82) is 0 Å². The van der Waals surface area contributed by atoms with Gasteiger partial charge in [0.1, 0.15) is 6.10 Å². The van der Waals surface area contributed by atoms with Crippen LogP contribution in [0.2, 0.25) is 0 Å². The van der Waals surface area contributed by atoms with Gasteiger partial charge in [-0.1, -0.05) is 0 Å². The van der Waals surface area contributed by atoms with E-state index >= 15 is 0 Å². The number of ether oxygens (including phenoxy) is 2. The van der Waals surface area contributed by atoms with Gasteiger partial charge in [0.05, 0.1) is 7.11 Å². The Morgan fingerprint density at radius 1 is 1.57 bits per heavy atom. The molecule has 4 heteroatoms. The molecule has 0 radical (unpaired) electrons. The number of hydrogen-bond donors (Lipinski definition) is 1. The lowest BCUT2D eigenvalue weighted by molar-refractivity contribution is 0.203. The second kappa shape index (κ2) is 4.28. The highest BCUT2D eigenvalue weighted by Crippen LogP contribution is 2.24. The van der Waals surface area contributed by atoms with Gasteiger partial charge in [0.25, 0.3) is 5.88 Å². The molecule has 0 saturated carbocycles. The van der Waals surface area contributed by atoms with Crippen molar-refractivity contribution in [2.24, 2.45) is 0 Å². The molecule has 1 fully saturated rings. The Morgan fingerprint density at radius 2 is 2.50 bits per heavy atom. The second-order valence-electron chi connectivity index (χ2n) is 3.24. The fourth-order valence-corrected chi connectivity index (χ4v) is 1.51. The van der Waals surface area contributed by atoms with Gasteiger partial charge in [0, 0.05) is 12.7 Å². The molecule has 1 saturated heterocycles. The number of nitrogens with zero attached hydrogens (tertiary/aromatic N) is 1. The van der Waals surface area contributed by atoms with Gasteiger partial charge >= 0.3 is 0 Å². The van der Waals surface area contributed by atoms with E-state index in [1.165, 1.54) is 0 Å². The third-order valence-corrected chi connectivity index (χ3v) is 2.25. The molecular formula is C10H14N2O2. The first-order valence-corrected chi connectivity index (χ1v) is 4.76. The fraction of sp³-hybridized carbons (Fsp3) is 0.500. The van der Waals surface area contributed by atoms with Crippen molar-refractivity contribution in [3.05, 3.63) is 18.3 Å². The highest BCUT2D eigenvalue weighted by atomic mass is 16.5. The lowest BCUT2D eigenvalue weighted by Gasteiger charge is -2.13. The Morgan fingerprint density at radius 3 is 3.21 bits per heavy atom. The fourth-order valence-electron chi connectivity index (χ4n) is 1.51. The average Bonchev–Trinajstić information content (AvgIpc) is 2.71. The first-order valence-electron chi connectivity index (χ1n) is 4.76. The number of methoxy groups -OCH3 is 1. The van der Waals surface area contributed by atoms with E-state index < -0.39 is 0 Å². The largest absolute Gasteiger partial charge is 0.491 e. The van der Waals surface area contributed by atoms with Crippen molar-refractivity contribution < 1.29 is 9.47 Å². The summed E-state index contributed by atoms with van der Waals surface area (Å²) in [5.41, 5.74) is 0. The van der Waals surface area contributed by atoms with Gasteiger partial charge < -0.3 is 14.8 Å². The maximum absolute atomic E-state index is 5.70. The van der Waals surface area contributed by atoms with Crippen LogP contribution in [0.4, 0.5) is 0 Å². The van der Waals surface area contributed by atoms with E-state index in [0.717, 1.165) is 19.5 Å². The van der Waals surface area contributed by atoms with Crippen LogP contribution in [0.1, 0.15) is 6.42 Å². The highest BCUT2D eigenvalue weighted by Gasteiger charge is 2.18.